The number of rotatable bonds is 3. The van der Waals surface area contributed by atoms with E-state index in [9.17, 15) is 14.6 Å². The lowest BCUT2D eigenvalue weighted by molar-refractivity contribution is 0.133. The topological polar surface area (TPSA) is 40.5 Å². The molecule has 2 aromatic rings. The van der Waals surface area contributed by atoms with E-state index >= 15 is 0 Å². The van der Waals surface area contributed by atoms with Crippen molar-refractivity contribution in [2.75, 3.05) is 0 Å². The minimum atomic E-state index is -1.09. The fraction of sp³-hybridized carbons (Fsp3) is 0.176. The number of aromatic hydroxyl groups is 1. The molecule has 0 saturated heterocycles. The lowest BCUT2D eigenvalue weighted by Crippen LogP contribution is -2.15. The van der Waals surface area contributed by atoms with Crippen LogP contribution in [0.4, 0.5) is 4.39 Å². The Morgan fingerprint density at radius 1 is 1.14 bits per heavy atom. The first-order valence-electron chi connectivity index (χ1n) is 6.46. The van der Waals surface area contributed by atoms with Gasteiger partial charge in [0.25, 0.3) is 0 Å². The minimum absolute atomic E-state index is 0.00215. The molecule has 0 radical (unpaired) electrons. The van der Waals surface area contributed by atoms with E-state index in [0.29, 0.717) is 21.7 Å². The first-order valence-corrected chi connectivity index (χ1v) is 6.84. The van der Waals surface area contributed by atoms with E-state index in [4.69, 9.17) is 11.6 Å². The Bertz CT molecular complexity index is 670. The van der Waals surface area contributed by atoms with Crippen LogP contribution in [0.25, 0.3) is 5.57 Å². The maximum absolute atomic E-state index is 13.1. The van der Waals surface area contributed by atoms with Crippen LogP contribution in [0.2, 0.25) is 5.02 Å². The van der Waals surface area contributed by atoms with Gasteiger partial charge >= 0.3 is 0 Å². The molecule has 2 aromatic carbocycles. The molecule has 2 rings (SSSR count). The molecule has 0 unspecified atom stereocenters. The maximum atomic E-state index is 13.1. The third-order valence-electron chi connectivity index (χ3n) is 2.90. The van der Waals surface area contributed by atoms with Gasteiger partial charge in [-0.3, -0.25) is 0 Å². The predicted octanol–water partition coefficient (Wildman–Crippen LogP) is 4.39. The highest BCUT2D eigenvalue weighted by atomic mass is 35.5. The van der Waals surface area contributed by atoms with Crippen LogP contribution in [0.3, 0.4) is 0 Å². The second-order valence-electron chi connectivity index (χ2n) is 5.38. The van der Waals surface area contributed by atoms with E-state index in [2.05, 4.69) is 0 Å². The summed E-state index contributed by atoms with van der Waals surface area (Å²) in [5, 5.41) is 20.6. The number of phenolic OH excluding ortho intramolecular Hbond substituents is 1. The molecule has 0 spiro atoms. The Labute approximate surface area is 128 Å². The van der Waals surface area contributed by atoms with Crippen molar-refractivity contribution in [2.24, 2.45) is 0 Å². The summed E-state index contributed by atoms with van der Waals surface area (Å²) in [6.07, 6.45) is 1.61. The van der Waals surface area contributed by atoms with Crippen molar-refractivity contribution in [3.8, 4) is 5.75 Å². The largest absolute Gasteiger partial charge is 0.507 e. The van der Waals surface area contributed by atoms with Crippen LogP contribution in [-0.2, 0) is 0 Å². The summed E-state index contributed by atoms with van der Waals surface area (Å²) < 4.78 is 13.1. The highest BCUT2D eigenvalue weighted by Gasteiger charge is 2.16. The summed E-state index contributed by atoms with van der Waals surface area (Å²) in [6.45, 7) is 3.26. The number of phenols is 1. The molecule has 4 heteroatoms. The first kappa shape index (κ1) is 15.5. The molecule has 0 amide bonds. The van der Waals surface area contributed by atoms with Gasteiger partial charge in [-0.2, -0.15) is 0 Å². The van der Waals surface area contributed by atoms with Crippen molar-refractivity contribution in [2.45, 2.75) is 19.4 Å². The molecule has 110 valence electrons. The van der Waals surface area contributed by atoms with Crippen molar-refractivity contribution in [1.82, 2.24) is 0 Å². The molecule has 0 bridgehead atoms. The molecule has 0 fully saturated rings. The molecule has 21 heavy (non-hydrogen) atoms. The van der Waals surface area contributed by atoms with Gasteiger partial charge in [0.2, 0.25) is 0 Å². The van der Waals surface area contributed by atoms with Gasteiger partial charge in [-0.1, -0.05) is 23.7 Å². The van der Waals surface area contributed by atoms with E-state index in [1.165, 1.54) is 18.2 Å². The normalized spacial score (nSPS) is 12.5. The van der Waals surface area contributed by atoms with Crippen LogP contribution in [0.1, 0.15) is 25.0 Å². The minimum Gasteiger partial charge on any atom is -0.507 e. The van der Waals surface area contributed by atoms with E-state index in [1.807, 2.05) is 0 Å². The predicted molar refractivity (Wildman–Crippen MR) is 82.9 cm³/mol. The summed E-state index contributed by atoms with van der Waals surface area (Å²) in [5.74, 6) is -0.344. The third-order valence-corrected chi connectivity index (χ3v) is 3.14. The summed E-state index contributed by atoms with van der Waals surface area (Å²) >= 11 is 5.84. The summed E-state index contributed by atoms with van der Waals surface area (Å²) in [4.78, 5) is 0. The third kappa shape index (κ3) is 4.06. The molecule has 0 aromatic heterocycles. The molecule has 0 heterocycles. The summed E-state index contributed by atoms with van der Waals surface area (Å²) in [6, 6.07) is 10.6. The number of hydrogen-bond acceptors (Lipinski definition) is 2. The molecular formula is C17H16ClFO2. The highest BCUT2D eigenvalue weighted by molar-refractivity contribution is 6.30. The van der Waals surface area contributed by atoms with E-state index in [-0.39, 0.29) is 11.6 Å². The van der Waals surface area contributed by atoms with Crippen LogP contribution < -0.4 is 0 Å². The van der Waals surface area contributed by atoms with Gasteiger partial charge < -0.3 is 10.2 Å². The second kappa shape index (κ2) is 5.88. The van der Waals surface area contributed by atoms with Crippen LogP contribution in [0, 0.1) is 5.82 Å². The second-order valence-corrected chi connectivity index (χ2v) is 5.82. The Kier molecular flexibility index (Phi) is 4.35. The van der Waals surface area contributed by atoms with Crippen molar-refractivity contribution in [3.63, 3.8) is 0 Å². The van der Waals surface area contributed by atoms with Crippen LogP contribution in [-0.4, -0.2) is 15.8 Å². The molecule has 2 nitrogen and oxygen atoms in total. The monoisotopic (exact) mass is 306 g/mol. The van der Waals surface area contributed by atoms with Crippen LogP contribution >= 0.6 is 11.6 Å². The zero-order chi connectivity index (χ0) is 15.6. The molecule has 0 aliphatic rings. The molecule has 0 aliphatic carbocycles. The Morgan fingerprint density at radius 2 is 1.76 bits per heavy atom. The van der Waals surface area contributed by atoms with Gasteiger partial charge in [0, 0.05) is 10.6 Å². The van der Waals surface area contributed by atoms with E-state index < -0.39 is 5.60 Å². The fourth-order valence-electron chi connectivity index (χ4n) is 2.03. The summed E-state index contributed by atoms with van der Waals surface area (Å²) in [7, 11) is 0. The van der Waals surface area contributed by atoms with Crippen molar-refractivity contribution < 1.29 is 14.6 Å². The van der Waals surface area contributed by atoms with Gasteiger partial charge in [-0.25, -0.2) is 4.39 Å². The van der Waals surface area contributed by atoms with Crippen molar-refractivity contribution in [3.05, 3.63) is 70.5 Å². The number of aliphatic hydroxyl groups is 1. The van der Waals surface area contributed by atoms with E-state index in [1.54, 1.807) is 44.2 Å². The fourth-order valence-corrected chi connectivity index (χ4v) is 2.20. The highest BCUT2D eigenvalue weighted by Crippen LogP contribution is 2.33. The molecule has 0 atom stereocenters. The van der Waals surface area contributed by atoms with Gasteiger partial charge in [0.05, 0.1) is 5.60 Å². The van der Waals surface area contributed by atoms with Gasteiger partial charge in [0.1, 0.15) is 11.6 Å². The average molecular weight is 307 g/mol. The molecular weight excluding hydrogens is 291 g/mol. The number of benzene rings is 2. The molecule has 2 N–H and O–H groups in total. The lowest BCUT2D eigenvalue weighted by Gasteiger charge is -2.17. The average Bonchev–Trinajstić information content (AvgIpc) is 2.36. The standard InChI is InChI=1S/C17H16ClFO2/c1-17(2,21)10-15(11-3-6-13(19)7-4-11)14-8-5-12(18)9-16(14)20/h3-10,20-21H,1-2H3. The Morgan fingerprint density at radius 3 is 2.29 bits per heavy atom. The van der Waals surface area contributed by atoms with Crippen molar-refractivity contribution >= 4 is 17.2 Å². The lowest BCUT2D eigenvalue weighted by atomic mass is 9.92. The maximum Gasteiger partial charge on any atom is 0.124 e. The van der Waals surface area contributed by atoms with Crippen molar-refractivity contribution in [1.29, 1.82) is 0 Å². The molecule has 0 aliphatic heterocycles. The van der Waals surface area contributed by atoms with Gasteiger partial charge in [-0.05, 0) is 61.4 Å². The van der Waals surface area contributed by atoms with Gasteiger partial charge in [0.15, 0.2) is 0 Å². The number of halogens is 2. The Hall–Kier alpha value is -1.84. The quantitative estimate of drug-likeness (QED) is 0.883. The zero-order valence-electron chi connectivity index (χ0n) is 11.8. The van der Waals surface area contributed by atoms with Crippen LogP contribution in [0.15, 0.2) is 48.5 Å². The smallest absolute Gasteiger partial charge is 0.124 e. The SMILES string of the molecule is CC(C)(O)C=C(c1ccc(F)cc1)c1ccc(Cl)cc1O. The summed E-state index contributed by atoms with van der Waals surface area (Å²) in [5.41, 5.74) is 0.733. The van der Waals surface area contributed by atoms with Crippen LogP contribution in [0.5, 0.6) is 5.75 Å². The zero-order valence-corrected chi connectivity index (χ0v) is 12.5. The molecule has 0 saturated carbocycles. The Balaban J connectivity index is 2.62. The number of hydrogen-bond donors (Lipinski definition) is 2. The van der Waals surface area contributed by atoms with E-state index in [0.717, 1.165) is 0 Å². The first-order chi connectivity index (χ1) is 9.76. The van der Waals surface area contributed by atoms with Gasteiger partial charge in [-0.15, -0.1) is 0 Å².